The summed E-state index contributed by atoms with van der Waals surface area (Å²) in [6, 6.07) is 7.00. The van der Waals surface area contributed by atoms with Gasteiger partial charge in [0.05, 0.1) is 0 Å². The maximum atomic E-state index is 10.6. The quantitative estimate of drug-likeness (QED) is 0.694. The minimum absolute atomic E-state index is 0.559. The van der Waals surface area contributed by atoms with E-state index in [0.717, 1.165) is 25.7 Å². The fourth-order valence-corrected chi connectivity index (χ4v) is 5.42. The molecule has 0 bridgehead atoms. The molecule has 1 aromatic carbocycles. The van der Waals surface area contributed by atoms with Crippen molar-refractivity contribution in [2.24, 2.45) is 11.3 Å². The Morgan fingerprint density at radius 3 is 2.39 bits per heavy atom. The lowest BCUT2D eigenvalue weighted by atomic mass is 9.79. The standard InChI is InChI=1S/C23H36N2O.C2HF3O2/c1-19-4-5-22(14-20(19)2)16-25-11-9-23(18-25)8-3-10-24(17-23)15-21-6-12-26-13-7-21;3-2(4,5)1(6)7/h4-5,14,21H,3,6-13,15-18H2,1-2H3;(H,6,7). The summed E-state index contributed by atoms with van der Waals surface area (Å²) in [7, 11) is 0. The molecule has 1 N–H and O–H groups in total. The summed E-state index contributed by atoms with van der Waals surface area (Å²) in [5.41, 5.74) is 4.88. The highest BCUT2D eigenvalue weighted by Crippen LogP contribution is 2.40. The van der Waals surface area contributed by atoms with Gasteiger partial charge in [-0.1, -0.05) is 18.2 Å². The third-order valence-corrected chi connectivity index (χ3v) is 7.34. The minimum Gasteiger partial charge on any atom is -0.475 e. The highest BCUT2D eigenvalue weighted by molar-refractivity contribution is 5.73. The number of carboxylic acid groups (broad SMARTS) is 1. The maximum Gasteiger partial charge on any atom is 0.490 e. The van der Waals surface area contributed by atoms with E-state index in [4.69, 9.17) is 14.6 Å². The van der Waals surface area contributed by atoms with Crippen molar-refractivity contribution in [2.45, 2.75) is 58.7 Å². The zero-order chi connectivity index (χ0) is 24.1. The van der Waals surface area contributed by atoms with Crippen molar-refractivity contribution in [3.05, 3.63) is 34.9 Å². The molecule has 186 valence electrons. The van der Waals surface area contributed by atoms with Crippen LogP contribution in [0.15, 0.2) is 18.2 Å². The molecule has 5 nitrogen and oxygen atoms in total. The average molecular weight is 471 g/mol. The molecule has 8 heteroatoms. The minimum atomic E-state index is -5.08. The van der Waals surface area contributed by atoms with Crippen molar-refractivity contribution < 1.29 is 27.8 Å². The largest absolute Gasteiger partial charge is 0.490 e. The van der Waals surface area contributed by atoms with Crippen molar-refractivity contribution in [2.75, 3.05) is 45.9 Å². The van der Waals surface area contributed by atoms with E-state index in [-0.39, 0.29) is 0 Å². The molecule has 0 radical (unpaired) electrons. The number of carbonyl (C=O) groups is 1. The van der Waals surface area contributed by atoms with Crippen molar-refractivity contribution in [1.29, 1.82) is 0 Å². The van der Waals surface area contributed by atoms with Crippen molar-refractivity contribution in [3.63, 3.8) is 0 Å². The monoisotopic (exact) mass is 470 g/mol. The number of carboxylic acids is 1. The number of halogens is 3. The second-order valence-electron chi connectivity index (χ2n) is 10.1. The maximum absolute atomic E-state index is 10.6. The lowest BCUT2D eigenvalue weighted by Crippen LogP contribution is -2.46. The van der Waals surface area contributed by atoms with Gasteiger partial charge in [0.15, 0.2) is 0 Å². The predicted octanol–water partition coefficient (Wildman–Crippen LogP) is 4.65. The van der Waals surface area contributed by atoms with E-state index < -0.39 is 12.1 Å². The summed E-state index contributed by atoms with van der Waals surface area (Å²) in [6.45, 7) is 14.1. The average Bonchev–Trinajstić information content (AvgIpc) is 3.12. The first-order valence-corrected chi connectivity index (χ1v) is 11.9. The van der Waals surface area contributed by atoms with Crippen molar-refractivity contribution >= 4 is 5.97 Å². The number of hydrogen-bond acceptors (Lipinski definition) is 4. The van der Waals surface area contributed by atoms with E-state index in [1.54, 1.807) is 0 Å². The van der Waals surface area contributed by atoms with Crippen LogP contribution < -0.4 is 0 Å². The van der Waals surface area contributed by atoms with Crippen LogP contribution in [0.25, 0.3) is 0 Å². The van der Waals surface area contributed by atoms with Gasteiger partial charge in [-0.3, -0.25) is 4.90 Å². The van der Waals surface area contributed by atoms with Gasteiger partial charge in [-0.2, -0.15) is 13.2 Å². The van der Waals surface area contributed by atoms with E-state index in [1.807, 2.05) is 0 Å². The number of ether oxygens (including phenoxy) is 1. The summed E-state index contributed by atoms with van der Waals surface area (Å²) in [6.07, 6.45) is 1.66. The molecule has 1 spiro atoms. The van der Waals surface area contributed by atoms with Gasteiger partial charge in [0.2, 0.25) is 0 Å². The summed E-state index contributed by atoms with van der Waals surface area (Å²) in [5, 5.41) is 7.12. The van der Waals surface area contributed by atoms with Crippen LogP contribution in [0.3, 0.4) is 0 Å². The Hall–Kier alpha value is -1.64. The van der Waals surface area contributed by atoms with Gasteiger partial charge < -0.3 is 14.7 Å². The van der Waals surface area contributed by atoms with Gasteiger partial charge in [0, 0.05) is 39.4 Å². The molecule has 33 heavy (non-hydrogen) atoms. The third-order valence-electron chi connectivity index (χ3n) is 7.34. The molecule has 0 amide bonds. The van der Waals surface area contributed by atoms with E-state index in [0.29, 0.717) is 5.41 Å². The molecule has 1 unspecified atom stereocenters. The van der Waals surface area contributed by atoms with Gasteiger partial charge in [0.1, 0.15) is 0 Å². The summed E-state index contributed by atoms with van der Waals surface area (Å²) >= 11 is 0. The molecule has 3 saturated heterocycles. The SMILES string of the molecule is Cc1ccc(CN2CCC3(CCCN(CC4CCOCC4)C3)C2)cc1C.O=C(O)C(F)(F)F. The fourth-order valence-electron chi connectivity index (χ4n) is 5.42. The lowest BCUT2D eigenvalue weighted by Gasteiger charge is -2.42. The highest BCUT2D eigenvalue weighted by atomic mass is 19.4. The van der Waals surface area contributed by atoms with Crippen LogP contribution in [0, 0.1) is 25.2 Å². The van der Waals surface area contributed by atoms with Crippen LogP contribution in [0.1, 0.15) is 48.8 Å². The number of likely N-dealkylation sites (tertiary alicyclic amines) is 2. The number of aliphatic carboxylic acids is 1. The zero-order valence-corrected chi connectivity index (χ0v) is 19.8. The molecule has 3 heterocycles. The van der Waals surface area contributed by atoms with Gasteiger partial charge in [-0.25, -0.2) is 4.79 Å². The lowest BCUT2D eigenvalue weighted by molar-refractivity contribution is -0.192. The number of piperidine rings is 1. The van der Waals surface area contributed by atoms with Crippen LogP contribution in [-0.2, 0) is 16.1 Å². The topological polar surface area (TPSA) is 53.0 Å². The Kier molecular flexibility index (Phi) is 8.81. The summed E-state index contributed by atoms with van der Waals surface area (Å²) < 4.78 is 37.3. The Morgan fingerprint density at radius 1 is 1.09 bits per heavy atom. The summed E-state index contributed by atoms with van der Waals surface area (Å²) in [4.78, 5) is 14.4. The molecule has 3 fully saturated rings. The van der Waals surface area contributed by atoms with Crippen LogP contribution in [0.5, 0.6) is 0 Å². The van der Waals surface area contributed by atoms with Crippen LogP contribution >= 0.6 is 0 Å². The number of nitrogens with zero attached hydrogens (tertiary/aromatic N) is 2. The number of benzene rings is 1. The molecule has 3 aliphatic rings. The Balaban J connectivity index is 0.000000383. The van der Waals surface area contributed by atoms with Gasteiger partial charge >= 0.3 is 12.1 Å². The molecule has 0 saturated carbocycles. The van der Waals surface area contributed by atoms with Crippen LogP contribution in [-0.4, -0.2) is 73.0 Å². The molecule has 3 aliphatic heterocycles. The Bertz CT molecular complexity index is 796. The van der Waals surface area contributed by atoms with Gasteiger partial charge in [-0.05, 0) is 87.1 Å². The highest BCUT2D eigenvalue weighted by Gasteiger charge is 2.41. The van der Waals surface area contributed by atoms with E-state index in [1.165, 1.54) is 81.5 Å². The number of rotatable bonds is 4. The smallest absolute Gasteiger partial charge is 0.475 e. The molecule has 0 aromatic heterocycles. The number of hydrogen-bond donors (Lipinski definition) is 1. The molecule has 1 aromatic rings. The normalized spacial score (nSPS) is 25.1. The van der Waals surface area contributed by atoms with Crippen LogP contribution in [0.2, 0.25) is 0 Å². The Labute approximate surface area is 194 Å². The number of alkyl halides is 3. The molecule has 0 aliphatic carbocycles. The zero-order valence-electron chi connectivity index (χ0n) is 19.8. The first-order chi connectivity index (χ1) is 15.6. The van der Waals surface area contributed by atoms with Gasteiger partial charge in [0.25, 0.3) is 0 Å². The van der Waals surface area contributed by atoms with E-state index in [2.05, 4.69) is 41.8 Å². The van der Waals surface area contributed by atoms with Crippen molar-refractivity contribution in [3.8, 4) is 0 Å². The molecule has 1 atom stereocenters. The second-order valence-corrected chi connectivity index (χ2v) is 10.1. The molecular formula is C25H37F3N2O3. The first-order valence-electron chi connectivity index (χ1n) is 11.9. The first kappa shape index (κ1) is 26.0. The second kappa shape index (κ2) is 11.2. The fraction of sp³-hybridized carbons (Fsp3) is 0.720. The van der Waals surface area contributed by atoms with Crippen molar-refractivity contribution in [1.82, 2.24) is 9.80 Å². The predicted molar refractivity (Wildman–Crippen MR) is 121 cm³/mol. The van der Waals surface area contributed by atoms with Crippen LogP contribution in [0.4, 0.5) is 13.2 Å². The third kappa shape index (κ3) is 7.69. The molecular weight excluding hydrogens is 433 g/mol. The summed E-state index contributed by atoms with van der Waals surface area (Å²) in [5.74, 6) is -1.89. The van der Waals surface area contributed by atoms with Gasteiger partial charge in [-0.15, -0.1) is 0 Å². The number of aryl methyl sites for hydroxylation is 2. The van der Waals surface area contributed by atoms with E-state index >= 15 is 0 Å². The van der Waals surface area contributed by atoms with E-state index in [9.17, 15) is 13.2 Å². The Morgan fingerprint density at radius 2 is 1.76 bits per heavy atom. The molecule has 4 rings (SSSR count).